The molecule has 2 N–H and O–H groups in total. The number of methoxy groups -OCH3 is 1. The highest BCUT2D eigenvalue weighted by atomic mass is 19.1. The van der Waals surface area contributed by atoms with Crippen molar-refractivity contribution in [2.24, 2.45) is 0 Å². The molecule has 0 saturated heterocycles. The van der Waals surface area contributed by atoms with Gasteiger partial charge in [-0.1, -0.05) is 6.07 Å². The number of halogens is 2. The number of aliphatic hydroxyl groups is 1. The van der Waals surface area contributed by atoms with Crippen LogP contribution in [0.1, 0.15) is 5.56 Å². The molecule has 0 fully saturated rings. The Morgan fingerprint density at radius 1 is 1.38 bits per heavy atom. The highest BCUT2D eigenvalue weighted by molar-refractivity contribution is 5.19. The Labute approximate surface area is 93.0 Å². The molecule has 1 rings (SSSR count). The minimum atomic E-state index is -0.596. The number of ether oxygens (including phenoxy) is 1. The van der Waals surface area contributed by atoms with Crippen LogP contribution >= 0.6 is 0 Å². The summed E-state index contributed by atoms with van der Waals surface area (Å²) in [4.78, 5) is 0. The molecule has 16 heavy (non-hydrogen) atoms. The largest absolute Gasteiger partial charge is 0.395 e. The lowest BCUT2D eigenvalue weighted by molar-refractivity contribution is 0.127. The van der Waals surface area contributed by atoms with Crippen LogP contribution in [0.4, 0.5) is 8.78 Å². The molecule has 1 atom stereocenters. The number of hydrogen-bond acceptors (Lipinski definition) is 3. The third-order valence-corrected chi connectivity index (χ3v) is 2.22. The van der Waals surface area contributed by atoms with E-state index in [0.29, 0.717) is 0 Å². The van der Waals surface area contributed by atoms with E-state index in [9.17, 15) is 8.78 Å². The standard InChI is InChI=1S/C11H15F2NO2/c1-16-7-8(6-15)14-5-9-10(12)3-2-4-11(9)13/h2-4,8,14-15H,5-7H2,1H3. The van der Waals surface area contributed by atoms with Crippen molar-refractivity contribution in [3.05, 3.63) is 35.4 Å². The van der Waals surface area contributed by atoms with E-state index >= 15 is 0 Å². The number of hydrogen-bond donors (Lipinski definition) is 2. The van der Waals surface area contributed by atoms with E-state index in [1.807, 2.05) is 0 Å². The molecule has 90 valence electrons. The van der Waals surface area contributed by atoms with Gasteiger partial charge >= 0.3 is 0 Å². The first-order chi connectivity index (χ1) is 7.69. The molecule has 5 heteroatoms. The molecule has 0 saturated carbocycles. The summed E-state index contributed by atoms with van der Waals surface area (Å²) in [6.07, 6.45) is 0. The molecule has 0 aliphatic carbocycles. The molecule has 0 aromatic heterocycles. The molecule has 0 bridgehead atoms. The molecule has 1 aromatic rings. The van der Waals surface area contributed by atoms with Crippen LogP contribution in [0.5, 0.6) is 0 Å². The Kier molecular flexibility index (Phi) is 5.31. The van der Waals surface area contributed by atoms with Crippen LogP contribution in [0.15, 0.2) is 18.2 Å². The van der Waals surface area contributed by atoms with Gasteiger partial charge in [-0.05, 0) is 12.1 Å². The Morgan fingerprint density at radius 3 is 2.50 bits per heavy atom. The minimum Gasteiger partial charge on any atom is -0.395 e. The Bertz CT molecular complexity index is 314. The zero-order valence-electron chi connectivity index (χ0n) is 9.04. The van der Waals surface area contributed by atoms with E-state index in [0.717, 1.165) is 0 Å². The fraction of sp³-hybridized carbons (Fsp3) is 0.455. The quantitative estimate of drug-likeness (QED) is 0.769. The topological polar surface area (TPSA) is 41.5 Å². The van der Waals surface area contributed by atoms with Gasteiger partial charge in [0, 0.05) is 19.2 Å². The lowest BCUT2D eigenvalue weighted by Gasteiger charge is -2.15. The molecule has 0 spiro atoms. The van der Waals surface area contributed by atoms with Gasteiger partial charge in [-0.15, -0.1) is 0 Å². The summed E-state index contributed by atoms with van der Waals surface area (Å²) in [6, 6.07) is 3.38. The highest BCUT2D eigenvalue weighted by Gasteiger charge is 2.11. The van der Waals surface area contributed by atoms with Crippen molar-refractivity contribution in [3.63, 3.8) is 0 Å². The van der Waals surface area contributed by atoms with E-state index in [1.165, 1.54) is 25.3 Å². The number of aliphatic hydroxyl groups excluding tert-OH is 1. The average Bonchev–Trinajstić information content (AvgIpc) is 2.27. The predicted molar refractivity (Wildman–Crippen MR) is 55.9 cm³/mol. The van der Waals surface area contributed by atoms with Crippen molar-refractivity contribution in [1.82, 2.24) is 5.32 Å². The van der Waals surface area contributed by atoms with Crippen LogP contribution in [-0.4, -0.2) is 31.5 Å². The van der Waals surface area contributed by atoms with Gasteiger partial charge in [0.1, 0.15) is 11.6 Å². The third-order valence-electron chi connectivity index (χ3n) is 2.22. The maximum Gasteiger partial charge on any atom is 0.130 e. The molecule has 0 radical (unpaired) electrons. The van der Waals surface area contributed by atoms with E-state index in [-0.39, 0.29) is 31.4 Å². The number of rotatable bonds is 6. The third kappa shape index (κ3) is 3.52. The maximum absolute atomic E-state index is 13.2. The van der Waals surface area contributed by atoms with Crippen molar-refractivity contribution in [2.45, 2.75) is 12.6 Å². The van der Waals surface area contributed by atoms with Gasteiger partial charge < -0.3 is 15.2 Å². The van der Waals surface area contributed by atoms with E-state index in [4.69, 9.17) is 9.84 Å². The molecule has 0 heterocycles. The zero-order chi connectivity index (χ0) is 12.0. The van der Waals surface area contributed by atoms with Crippen LogP contribution < -0.4 is 5.32 Å². The second kappa shape index (κ2) is 6.52. The van der Waals surface area contributed by atoms with Crippen molar-refractivity contribution < 1.29 is 18.6 Å². The van der Waals surface area contributed by atoms with E-state index < -0.39 is 11.6 Å². The van der Waals surface area contributed by atoms with Crippen molar-refractivity contribution in [1.29, 1.82) is 0 Å². The molecule has 3 nitrogen and oxygen atoms in total. The van der Waals surface area contributed by atoms with Crippen LogP contribution in [0.25, 0.3) is 0 Å². The molecule has 0 aliphatic heterocycles. The molecule has 1 unspecified atom stereocenters. The summed E-state index contributed by atoms with van der Waals surface area (Å²) in [7, 11) is 1.49. The van der Waals surface area contributed by atoms with Gasteiger partial charge in [-0.3, -0.25) is 0 Å². The smallest absolute Gasteiger partial charge is 0.130 e. The maximum atomic E-state index is 13.2. The molecule has 0 aliphatic rings. The Balaban J connectivity index is 2.59. The number of nitrogens with one attached hydrogen (secondary N) is 1. The number of benzene rings is 1. The van der Waals surface area contributed by atoms with Crippen molar-refractivity contribution >= 4 is 0 Å². The van der Waals surface area contributed by atoms with Crippen LogP contribution in [0.2, 0.25) is 0 Å². The molecule has 1 aromatic carbocycles. The molecule has 0 amide bonds. The lowest BCUT2D eigenvalue weighted by atomic mass is 10.2. The summed E-state index contributed by atoms with van der Waals surface area (Å²) in [5, 5.41) is 11.8. The summed E-state index contributed by atoms with van der Waals surface area (Å²) in [5.41, 5.74) is -0.0305. The van der Waals surface area contributed by atoms with Crippen LogP contribution in [0, 0.1) is 11.6 Å². The first-order valence-electron chi connectivity index (χ1n) is 4.95. The van der Waals surface area contributed by atoms with Gasteiger partial charge in [0.2, 0.25) is 0 Å². The van der Waals surface area contributed by atoms with Crippen LogP contribution in [0.3, 0.4) is 0 Å². The Morgan fingerprint density at radius 2 is 2.00 bits per heavy atom. The van der Waals surface area contributed by atoms with E-state index in [2.05, 4.69) is 5.32 Å². The first kappa shape index (κ1) is 13.0. The normalized spacial score (nSPS) is 12.8. The monoisotopic (exact) mass is 231 g/mol. The molecular weight excluding hydrogens is 216 g/mol. The zero-order valence-corrected chi connectivity index (χ0v) is 9.04. The second-order valence-corrected chi connectivity index (χ2v) is 3.42. The predicted octanol–water partition coefficient (Wildman–Crippen LogP) is 1.06. The minimum absolute atomic E-state index is 0.0209. The van der Waals surface area contributed by atoms with Gasteiger partial charge in [0.25, 0.3) is 0 Å². The summed E-state index contributed by atoms with van der Waals surface area (Å²) in [6.45, 7) is 0.156. The fourth-order valence-electron chi connectivity index (χ4n) is 1.32. The first-order valence-corrected chi connectivity index (χ1v) is 4.95. The SMILES string of the molecule is COCC(CO)NCc1c(F)cccc1F. The molecular formula is C11H15F2NO2. The lowest BCUT2D eigenvalue weighted by Crippen LogP contribution is -2.36. The average molecular weight is 231 g/mol. The summed E-state index contributed by atoms with van der Waals surface area (Å²) < 4.78 is 31.3. The van der Waals surface area contributed by atoms with Gasteiger partial charge in [0.15, 0.2) is 0 Å². The van der Waals surface area contributed by atoms with Crippen molar-refractivity contribution in [2.75, 3.05) is 20.3 Å². The highest BCUT2D eigenvalue weighted by Crippen LogP contribution is 2.11. The fourth-order valence-corrected chi connectivity index (χ4v) is 1.32. The Hall–Kier alpha value is -1.04. The van der Waals surface area contributed by atoms with Crippen molar-refractivity contribution in [3.8, 4) is 0 Å². The van der Waals surface area contributed by atoms with Crippen LogP contribution in [-0.2, 0) is 11.3 Å². The van der Waals surface area contributed by atoms with E-state index in [1.54, 1.807) is 0 Å². The van der Waals surface area contributed by atoms with Gasteiger partial charge in [0.05, 0.1) is 19.3 Å². The second-order valence-electron chi connectivity index (χ2n) is 3.42. The summed E-state index contributed by atoms with van der Waals surface area (Å²) in [5.74, 6) is -1.19. The van der Waals surface area contributed by atoms with Gasteiger partial charge in [-0.25, -0.2) is 8.78 Å². The van der Waals surface area contributed by atoms with Gasteiger partial charge in [-0.2, -0.15) is 0 Å². The summed E-state index contributed by atoms with van der Waals surface area (Å²) >= 11 is 0.